The quantitative estimate of drug-likeness (QED) is 0.891. The normalized spacial score (nSPS) is 10.8. The first-order chi connectivity index (χ1) is 6.83. The molecule has 0 amide bonds. The molecule has 0 radical (unpaired) electrons. The van der Waals surface area contributed by atoms with E-state index in [1.54, 1.807) is 19.1 Å². The summed E-state index contributed by atoms with van der Waals surface area (Å²) in [5, 5.41) is 0.362. The van der Waals surface area contributed by atoms with Crippen LogP contribution in [0, 0.1) is 6.92 Å². The summed E-state index contributed by atoms with van der Waals surface area (Å²) in [6.07, 6.45) is 1.08. The van der Waals surface area contributed by atoms with Gasteiger partial charge in [-0.3, -0.25) is 4.72 Å². The molecule has 0 aliphatic rings. The minimum absolute atomic E-state index is 0. The predicted molar refractivity (Wildman–Crippen MR) is 69.8 cm³/mol. The largest absolute Gasteiger partial charge is 0.326 e. The molecule has 3 N–H and O–H groups in total. The Kier molecular flexibility index (Phi) is 5.55. The minimum atomic E-state index is -3.31. The third-order valence-electron chi connectivity index (χ3n) is 1.87. The molecule has 7 heteroatoms. The number of hydrogen-bond acceptors (Lipinski definition) is 3. The van der Waals surface area contributed by atoms with Gasteiger partial charge in [0.05, 0.1) is 17.0 Å². The molecule has 0 spiro atoms. The number of nitrogens with one attached hydrogen (secondary N) is 1. The molecule has 0 fully saturated rings. The predicted octanol–water partition coefficient (Wildman–Crippen LogP) is 1.90. The van der Waals surface area contributed by atoms with Crippen LogP contribution in [-0.4, -0.2) is 14.7 Å². The van der Waals surface area contributed by atoms with Crippen molar-refractivity contribution in [1.82, 2.24) is 0 Å². The summed E-state index contributed by atoms with van der Waals surface area (Å²) < 4.78 is 24.5. The molecule has 0 unspecified atom stereocenters. The number of benzene rings is 1. The van der Waals surface area contributed by atoms with Gasteiger partial charge >= 0.3 is 0 Å². The third-order valence-corrected chi connectivity index (χ3v) is 2.74. The van der Waals surface area contributed by atoms with Crippen molar-refractivity contribution >= 4 is 39.7 Å². The Balaban J connectivity index is 0.00000225. The standard InChI is InChI=1S/C9H13ClN2O2S.ClH/c1-6-3-7(5-11)4-8(10)9(6)12-15(2,13)14;/h3-4,12H,5,11H2,1-2H3;1H. The van der Waals surface area contributed by atoms with Gasteiger partial charge in [-0.25, -0.2) is 8.42 Å². The smallest absolute Gasteiger partial charge is 0.229 e. The molecule has 0 aromatic heterocycles. The highest BCUT2D eigenvalue weighted by molar-refractivity contribution is 7.92. The lowest BCUT2D eigenvalue weighted by Gasteiger charge is -2.11. The van der Waals surface area contributed by atoms with Crippen molar-refractivity contribution in [2.75, 3.05) is 11.0 Å². The van der Waals surface area contributed by atoms with Gasteiger partial charge in [0, 0.05) is 6.54 Å². The summed E-state index contributed by atoms with van der Waals surface area (Å²) in [5.74, 6) is 0. The summed E-state index contributed by atoms with van der Waals surface area (Å²) in [4.78, 5) is 0. The fourth-order valence-corrected chi connectivity index (χ4v) is 2.28. The van der Waals surface area contributed by atoms with E-state index in [1.807, 2.05) is 0 Å². The molecular weight excluding hydrogens is 271 g/mol. The molecule has 4 nitrogen and oxygen atoms in total. The average molecular weight is 285 g/mol. The lowest BCUT2D eigenvalue weighted by molar-refractivity contribution is 0.607. The van der Waals surface area contributed by atoms with Crippen molar-refractivity contribution in [1.29, 1.82) is 0 Å². The van der Waals surface area contributed by atoms with Gasteiger partial charge in [0.2, 0.25) is 10.0 Å². The molecule has 0 saturated carbocycles. The number of hydrogen-bond donors (Lipinski definition) is 2. The highest BCUT2D eigenvalue weighted by Gasteiger charge is 2.10. The fraction of sp³-hybridized carbons (Fsp3) is 0.333. The Morgan fingerprint density at radius 3 is 2.38 bits per heavy atom. The van der Waals surface area contributed by atoms with E-state index < -0.39 is 10.0 Å². The maximum absolute atomic E-state index is 11.1. The highest BCUT2D eigenvalue weighted by atomic mass is 35.5. The van der Waals surface area contributed by atoms with Gasteiger partial charge in [0.15, 0.2) is 0 Å². The van der Waals surface area contributed by atoms with Crippen molar-refractivity contribution in [3.8, 4) is 0 Å². The third kappa shape index (κ3) is 4.17. The molecule has 1 rings (SSSR count). The second kappa shape index (κ2) is 5.72. The van der Waals surface area contributed by atoms with E-state index in [-0.39, 0.29) is 12.4 Å². The number of rotatable bonds is 3. The number of sulfonamides is 1. The van der Waals surface area contributed by atoms with Gasteiger partial charge in [-0.1, -0.05) is 17.7 Å². The molecule has 0 saturated heterocycles. The van der Waals surface area contributed by atoms with E-state index >= 15 is 0 Å². The molecule has 1 aromatic carbocycles. The second-order valence-corrected chi connectivity index (χ2v) is 5.50. The molecule has 0 aliphatic heterocycles. The zero-order valence-electron chi connectivity index (χ0n) is 8.95. The fourth-order valence-electron chi connectivity index (χ4n) is 1.25. The van der Waals surface area contributed by atoms with Crippen LogP contribution < -0.4 is 10.5 Å². The van der Waals surface area contributed by atoms with Crippen LogP contribution in [-0.2, 0) is 16.6 Å². The van der Waals surface area contributed by atoms with Gasteiger partial charge in [-0.2, -0.15) is 0 Å². The molecule has 92 valence electrons. The number of aryl methyl sites for hydroxylation is 1. The van der Waals surface area contributed by atoms with Crippen molar-refractivity contribution in [2.24, 2.45) is 5.73 Å². The molecule has 0 aliphatic carbocycles. The lowest BCUT2D eigenvalue weighted by Crippen LogP contribution is -2.11. The first-order valence-corrected chi connectivity index (χ1v) is 6.57. The van der Waals surface area contributed by atoms with Gasteiger partial charge in [0.25, 0.3) is 0 Å². The first-order valence-electron chi connectivity index (χ1n) is 4.30. The van der Waals surface area contributed by atoms with Crippen molar-refractivity contribution in [2.45, 2.75) is 13.5 Å². The Hall–Kier alpha value is -0.490. The Bertz CT molecular complexity index is 451. The molecule has 0 bridgehead atoms. The van der Waals surface area contributed by atoms with Crippen LogP contribution >= 0.6 is 24.0 Å². The average Bonchev–Trinajstić information content (AvgIpc) is 2.09. The highest BCUT2D eigenvalue weighted by Crippen LogP contribution is 2.28. The van der Waals surface area contributed by atoms with E-state index in [0.29, 0.717) is 17.3 Å². The Morgan fingerprint density at radius 2 is 2.00 bits per heavy atom. The van der Waals surface area contributed by atoms with Crippen molar-refractivity contribution in [3.63, 3.8) is 0 Å². The molecule has 0 atom stereocenters. The number of halogens is 2. The van der Waals surface area contributed by atoms with E-state index in [9.17, 15) is 8.42 Å². The van der Waals surface area contributed by atoms with Crippen molar-refractivity contribution < 1.29 is 8.42 Å². The van der Waals surface area contributed by atoms with Crippen LogP contribution in [0.3, 0.4) is 0 Å². The summed E-state index contributed by atoms with van der Waals surface area (Å²) in [6.45, 7) is 2.15. The SMILES string of the molecule is Cc1cc(CN)cc(Cl)c1NS(C)(=O)=O.Cl. The molecular formula is C9H14Cl2N2O2S. The molecule has 16 heavy (non-hydrogen) atoms. The number of nitrogens with two attached hydrogens (primary N) is 1. The topological polar surface area (TPSA) is 72.2 Å². The van der Waals surface area contributed by atoms with Crippen LogP contribution in [0.4, 0.5) is 5.69 Å². The van der Waals surface area contributed by atoms with Crippen LogP contribution in [0.2, 0.25) is 5.02 Å². The van der Waals surface area contributed by atoms with E-state index in [2.05, 4.69) is 4.72 Å². The zero-order chi connectivity index (χ0) is 11.6. The van der Waals surface area contributed by atoms with Gasteiger partial charge in [-0.05, 0) is 24.1 Å². The first kappa shape index (κ1) is 15.5. The maximum atomic E-state index is 11.1. The zero-order valence-corrected chi connectivity index (χ0v) is 11.3. The summed E-state index contributed by atoms with van der Waals surface area (Å²) in [6, 6.07) is 3.46. The van der Waals surface area contributed by atoms with E-state index in [4.69, 9.17) is 17.3 Å². The lowest BCUT2D eigenvalue weighted by atomic mass is 10.1. The summed E-state index contributed by atoms with van der Waals surface area (Å²) in [7, 11) is -3.31. The molecule has 0 heterocycles. The van der Waals surface area contributed by atoms with E-state index in [0.717, 1.165) is 17.4 Å². The summed E-state index contributed by atoms with van der Waals surface area (Å²) >= 11 is 5.94. The van der Waals surface area contributed by atoms with Crippen LogP contribution in [0.15, 0.2) is 12.1 Å². The monoisotopic (exact) mass is 284 g/mol. The maximum Gasteiger partial charge on any atom is 0.229 e. The van der Waals surface area contributed by atoms with Crippen LogP contribution in [0.25, 0.3) is 0 Å². The second-order valence-electron chi connectivity index (χ2n) is 3.35. The van der Waals surface area contributed by atoms with Gasteiger partial charge < -0.3 is 5.73 Å². The van der Waals surface area contributed by atoms with Gasteiger partial charge in [-0.15, -0.1) is 12.4 Å². The van der Waals surface area contributed by atoms with Crippen molar-refractivity contribution in [3.05, 3.63) is 28.3 Å². The number of anilines is 1. The Labute approximate surface area is 107 Å². The summed E-state index contributed by atoms with van der Waals surface area (Å²) in [5.41, 5.74) is 7.51. The van der Waals surface area contributed by atoms with Crippen LogP contribution in [0.5, 0.6) is 0 Å². The van der Waals surface area contributed by atoms with Gasteiger partial charge in [0.1, 0.15) is 0 Å². The minimum Gasteiger partial charge on any atom is -0.326 e. The molecule has 1 aromatic rings. The Morgan fingerprint density at radius 1 is 1.44 bits per heavy atom. The van der Waals surface area contributed by atoms with Crippen LogP contribution in [0.1, 0.15) is 11.1 Å². The van der Waals surface area contributed by atoms with E-state index in [1.165, 1.54) is 0 Å².